The van der Waals surface area contributed by atoms with E-state index in [-0.39, 0.29) is 17.3 Å². The second kappa shape index (κ2) is 10.2. The highest BCUT2D eigenvalue weighted by Gasteiger charge is 2.25. The van der Waals surface area contributed by atoms with Gasteiger partial charge in [-0.05, 0) is 66.9 Å². The Morgan fingerprint density at radius 1 is 1.06 bits per heavy atom. The second-order valence-electron chi connectivity index (χ2n) is 8.22. The van der Waals surface area contributed by atoms with Gasteiger partial charge in [-0.1, -0.05) is 35.9 Å². The Labute approximate surface area is 205 Å². The van der Waals surface area contributed by atoms with Crippen LogP contribution in [0.3, 0.4) is 0 Å². The van der Waals surface area contributed by atoms with E-state index in [0.29, 0.717) is 41.6 Å². The van der Waals surface area contributed by atoms with E-state index in [9.17, 15) is 13.2 Å². The average molecular weight is 499 g/mol. The third-order valence-corrected chi connectivity index (χ3v) is 8.01. The largest absolute Gasteiger partial charge is 0.494 e. The Kier molecular flexibility index (Phi) is 7.26. The molecule has 34 heavy (non-hydrogen) atoms. The fourth-order valence-corrected chi connectivity index (χ4v) is 5.37. The average Bonchev–Trinajstić information content (AvgIpc) is 2.84. The highest BCUT2D eigenvalue weighted by molar-refractivity contribution is 7.89. The maximum atomic E-state index is 13.3. The van der Waals surface area contributed by atoms with Crippen LogP contribution in [0.25, 0.3) is 0 Å². The van der Waals surface area contributed by atoms with E-state index in [2.05, 4.69) is 12.1 Å². The second-order valence-corrected chi connectivity index (χ2v) is 10.7. The van der Waals surface area contributed by atoms with Crippen molar-refractivity contribution >= 4 is 27.5 Å². The van der Waals surface area contributed by atoms with Crippen LogP contribution in [0, 0.1) is 0 Å². The van der Waals surface area contributed by atoms with Gasteiger partial charge in [-0.15, -0.1) is 0 Å². The molecular formula is C26H27ClN2O4S. The van der Waals surface area contributed by atoms with Crippen molar-refractivity contribution in [1.82, 2.24) is 9.21 Å². The van der Waals surface area contributed by atoms with Gasteiger partial charge in [-0.2, -0.15) is 4.31 Å². The van der Waals surface area contributed by atoms with E-state index in [1.165, 1.54) is 29.0 Å². The van der Waals surface area contributed by atoms with Crippen LogP contribution in [-0.4, -0.2) is 43.7 Å². The molecule has 3 aromatic carbocycles. The molecule has 0 N–H and O–H groups in total. The molecule has 0 fully saturated rings. The van der Waals surface area contributed by atoms with Crippen LogP contribution in [0.15, 0.2) is 71.6 Å². The lowest BCUT2D eigenvalue weighted by Gasteiger charge is -2.29. The minimum atomic E-state index is -3.75. The molecule has 0 saturated carbocycles. The molecule has 0 saturated heterocycles. The molecule has 0 atom stereocenters. The highest BCUT2D eigenvalue weighted by Crippen LogP contribution is 2.27. The summed E-state index contributed by atoms with van der Waals surface area (Å²) in [5, 5.41) is 0.465. The van der Waals surface area contributed by atoms with Gasteiger partial charge in [0.25, 0.3) is 5.91 Å². The summed E-state index contributed by atoms with van der Waals surface area (Å²) in [5.74, 6) is 0.475. The van der Waals surface area contributed by atoms with Crippen LogP contribution >= 0.6 is 11.6 Å². The zero-order chi connectivity index (χ0) is 24.3. The summed E-state index contributed by atoms with van der Waals surface area (Å²) in [6.07, 6.45) is 0.813. The third-order valence-electron chi connectivity index (χ3n) is 5.94. The summed E-state index contributed by atoms with van der Waals surface area (Å²) in [5.41, 5.74) is 3.57. The van der Waals surface area contributed by atoms with E-state index in [4.69, 9.17) is 16.3 Å². The molecule has 1 heterocycles. The number of carbonyl (C=O) groups excluding carboxylic acids is 1. The minimum absolute atomic E-state index is 0.0598. The van der Waals surface area contributed by atoms with Crippen molar-refractivity contribution in [3.63, 3.8) is 0 Å². The molecule has 178 valence electrons. The van der Waals surface area contributed by atoms with Gasteiger partial charge in [-0.3, -0.25) is 4.79 Å². The molecule has 1 amide bonds. The SMILES string of the molecule is CCOc1ccc(C(=O)N2CCc3ccccc3C2)cc1CN(C)S(=O)(=O)c1ccc(Cl)cc1. The first-order valence-corrected chi connectivity index (χ1v) is 12.9. The van der Waals surface area contributed by atoms with Crippen molar-refractivity contribution < 1.29 is 17.9 Å². The van der Waals surface area contributed by atoms with Gasteiger partial charge >= 0.3 is 0 Å². The molecule has 1 aliphatic heterocycles. The lowest BCUT2D eigenvalue weighted by molar-refractivity contribution is 0.0734. The van der Waals surface area contributed by atoms with Crippen molar-refractivity contribution in [2.24, 2.45) is 0 Å². The first kappa shape index (κ1) is 24.3. The Bertz CT molecular complexity index is 1290. The summed E-state index contributed by atoms with van der Waals surface area (Å²) >= 11 is 5.90. The molecule has 3 aromatic rings. The molecule has 0 aliphatic carbocycles. The maximum absolute atomic E-state index is 13.3. The Morgan fingerprint density at radius 2 is 1.76 bits per heavy atom. The fraction of sp³-hybridized carbons (Fsp3) is 0.269. The predicted molar refractivity (Wildman–Crippen MR) is 133 cm³/mol. The van der Waals surface area contributed by atoms with Crippen LogP contribution in [0.5, 0.6) is 5.75 Å². The number of rotatable bonds is 7. The van der Waals surface area contributed by atoms with Crippen molar-refractivity contribution in [3.8, 4) is 5.75 Å². The fourth-order valence-electron chi connectivity index (χ4n) is 4.10. The van der Waals surface area contributed by atoms with Gasteiger partial charge < -0.3 is 9.64 Å². The highest BCUT2D eigenvalue weighted by atomic mass is 35.5. The van der Waals surface area contributed by atoms with Crippen LogP contribution in [0.1, 0.15) is 34.0 Å². The molecule has 4 rings (SSSR count). The van der Waals surface area contributed by atoms with Crippen molar-refractivity contribution in [3.05, 3.63) is 94.0 Å². The molecular weight excluding hydrogens is 472 g/mol. The van der Waals surface area contributed by atoms with Gasteiger partial charge in [0.1, 0.15) is 5.75 Å². The summed E-state index contributed by atoms with van der Waals surface area (Å²) in [7, 11) is -2.24. The molecule has 0 spiro atoms. The number of halogens is 1. The quantitative estimate of drug-likeness (QED) is 0.471. The Balaban J connectivity index is 1.58. The minimum Gasteiger partial charge on any atom is -0.494 e. The van der Waals surface area contributed by atoms with Crippen LogP contribution < -0.4 is 4.74 Å². The van der Waals surface area contributed by atoms with Crippen LogP contribution in [0.4, 0.5) is 0 Å². The zero-order valence-corrected chi connectivity index (χ0v) is 20.8. The van der Waals surface area contributed by atoms with E-state index in [1.807, 2.05) is 24.0 Å². The number of hydrogen-bond acceptors (Lipinski definition) is 4. The lowest BCUT2D eigenvalue weighted by atomic mass is 9.99. The first-order chi connectivity index (χ1) is 16.3. The summed E-state index contributed by atoms with van der Waals surface area (Å²) < 4.78 is 33.1. The van der Waals surface area contributed by atoms with Gasteiger partial charge in [0, 0.05) is 42.8 Å². The Hall–Kier alpha value is -2.87. The maximum Gasteiger partial charge on any atom is 0.254 e. The molecule has 6 nitrogen and oxygen atoms in total. The molecule has 8 heteroatoms. The first-order valence-electron chi connectivity index (χ1n) is 11.1. The molecule has 0 aromatic heterocycles. The Morgan fingerprint density at radius 3 is 2.47 bits per heavy atom. The van der Waals surface area contributed by atoms with E-state index in [0.717, 1.165) is 12.0 Å². The van der Waals surface area contributed by atoms with E-state index < -0.39 is 10.0 Å². The number of ether oxygens (including phenoxy) is 1. The summed E-state index contributed by atoms with van der Waals surface area (Å²) in [6, 6.07) is 19.4. The zero-order valence-electron chi connectivity index (χ0n) is 19.2. The molecule has 0 bridgehead atoms. The van der Waals surface area contributed by atoms with Gasteiger partial charge in [-0.25, -0.2) is 8.42 Å². The number of carbonyl (C=O) groups is 1. The normalized spacial score (nSPS) is 13.6. The van der Waals surface area contributed by atoms with Crippen LogP contribution in [-0.2, 0) is 29.5 Å². The summed E-state index contributed by atoms with van der Waals surface area (Å²) in [4.78, 5) is 15.3. The third kappa shape index (κ3) is 5.12. The van der Waals surface area contributed by atoms with Gasteiger partial charge in [0.15, 0.2) is 0 Å². The number of amides is 1. The van der Waals surface area contributed by atoms with Crippen molar-refractivity contribution in [1.29, 1.82) is 0 Å². The number of hydrogen-bond donors (Lipinski definition) is 0. The number of sulfonamides is 1. The van der Waals surface area contributed by atoms with E-state index in [1.54, 1.807) is 30.3 Å². The van der Waals surface area contributed by atoms with Crippen LogP contribution in [0.2, 0.25) is 5.02 Å². The number of fused-ring (bicyclic) bond motifs is 1. The smallest absolute Gasteiger partial charge is 0.254 e. The van der Waals surface area contributed by atoms with Crippen molar-refractivity contribution in [2.75, 3.05) is 20.2 Å². The van der Waals surface area contributed by atoms with Gasteiger partial charge in [0.2, 0.25) is 10.0 Å². The monoisotopic (exact) mass is 498 g/mol. The van der Waals surface area contributed by atoms with Crippen molar-refractivity contribution in [2.45, 2.75) is 31.3 Å². The standard InChI is InChI=1S/C26H27ClN2O4S/c1-3-33-25-13-8-20(26(30)29-15-14-19-6-4-5-7-21(19)18-29)16-22(25)17-28(2)34(31,32)24-11-9-23(27)10-12-24/h4-13,16H,3,14-15,17-18H2,1-2H3. The molecule has 1 aliphatic rings. The molecule has 0 unspecified atom stereocenters. The lowest BCUT2D eigenvalue weighted by Crippen LogP contribution is -2.36. The number of benzene rings is 3. The predicted octanol–water partition coefficient (Wildman–Crippen LogP) is 4.76. The summed E-state index contributed by atoms with van der Waals surface area (Å²) in [6.45, 7) is 3.55. The van der Waals surface area contributed by atoms with E-state index >= 15 is 0 Å². The van der Waals surface area contributed by atoms with Gasteiger partial charge in [0.05, 0.1) is 11.5 Å². The molecule has 0 radical (unpaired) electrons. The number of nitrogens with zero attached hydrogens (tertiary/aromatic N) is 2. The topological polar surface area (TPSA) is 66.9 Å².